The van der Waals surface area contributed by atoms with Crippen LogP contribution in [0.5, 0.6) is 0 Å². The van der Waals surface area contributed by atoms with Gasteiger partial charge in [-0.2, -0.15) is 5.10 Å². The molecule has 1 N–H and O–H groups in total. The van der Waals surface area contributed by atoms with E-state index in [9.17, 15) is 9.18 Å². The van der Waals surface area contributed by atoms with E-state index in [4.69, 9.17) is 0 Å². The van der Waals surface area contributed by atoms with E-state index in [1.807, 2.05) is 74.7 Å². The van der Waals surface area contributed by atoms with Gasteiger partial charge in [-0.15, -0.1) is 0 Å². The number of carbonyl (C=O) groups excluding carboxylic acids is 1. The first-order valence-electron chi connectivity index (χ1n) is 9.65. The van der Waals surface area contributed by atoms with Crippen LogP contribution in [0.15, 0.2) is 48.5 Å². The van der Waals surface area contributed by atoms with Crippen molar-refractivity contribution in [2.75, 3.05) is 12.4 Å². The molecule has 6 heteroatoms. The minimum Gasteiger partial charge on any atom is -0.324 e. The number of benzene rings is 2. The van der Waals surface area contributed by atoms with Gasteiger partial charge in [0.2, 0.25) is 5.91 Å². The van der Waals surface area contributed by atoms with Crippen molar-refractivity contribution >= 4 is 11.6 Å². The topological polar surface area (TPSA) is 50.2 Å². The number of para-hydroxylation sites is 1. The van der Waals surface area contributed by atoms with Crippen LogP contribution >= 0.6 is 0 Å². The Hall–Kier alpha value is -2.99. The standard InChI is InChI=1S/C23H27FN4O/c1-15-11-12-19(24)13-22(15)25-23(29)18(4)27(5)14-21-16(2)26-28(17(21)3)20-9-7-6-8-10-20/h6-13,18H,14H2,1-5H3,(H,25,29). The number of anilines is 1. The Bertz CT molecular complexity index is 1010. The van der Waals surface area contributed by atoms with Gasteiger partial charge in [0.25, 0.3) is 0 Å². The normalized spacial score (nSPS) is 12.2. The highest BCUT2D eigenvalue weighted by molar-refractivity contribution is 5.95. The van der Waals surface area contributed by atoms with Gasteiger partial charge in [-0.3, -0.25) is 9.69 Å². The van der Waals surface area contributed by atoms with Crippen molar-refractivity contribution in [3.63, 3.8) is 0 Å². The number of nitrogens with zero attached hydrogens (tertiary/aromatic N) is 3. The second kappa shape index (κ2) is 8.57. The monoisotopic (exact) mass is 394 g/mol. The van der Waals surface area contributed by atoms with E-state index in [-0.39, 0.29) is 11.7 Å². The molecule has 0 aliphatic rings. The first-order valence-corrected chi connectivity index (χ1v) is 9.65. The predicted octanol–water partition coefficient (Wildman–Crippen LogP) is 4.40. The van der Waals surface area contributed by atoms with Gasteiger partial charge in [0.15, 0.2) is 0 Å². The number of carbonyl (C=O) groups is 1. The molecule has 0 aliphatic carbocycles. The third-order valence-electron chi connectivity index (χ3n) is 5.35. The Morgan fingerprint density at radius 1 is 1.17 bits per heavy atom. The predicted molar refractivity (Wildman–Crippen MR) is 114 cm³/mol. The lowest BCUT2D eigenvalue weighted by molar-refractivity contribution is -0.120. The van der Waals surface area contributed by atoms with Gasteiger partial charge in [-0.1, -0.05) is 24.3 Å². The summed E-state index contributed by atoms with van der Waals surface area (Å²) in [5.41, 5.74) is 5.41. The van der Waals surface area contributed by atoms with Gasteiger partial charge < -0.3 is 5.32 Å². The molecule has 5 nitrogen and oxygen atoms in total. The molecular weight excluding hydrogens is 367 g/mol. The maximum absolute atomic E-state index is 13.5. The first-order chi connectivity index (χ1) is 13.8. The summed E-state index contributed by atoms with van der Waals surface area (Å²) in [5, 5.41) is 7.51. The fourth-order valence-electron chi connectivity index (χ4n) is 3.28. The van der Waals surface area contributed by atoms with Crippen LogP contribution in [0.4, 0.5) is 10.1 Å². The average molecular weight is 394 g/mol. The fraction of sp³-hybridized carbons (Fsp3) is 0.304. The molecule has 0 saturated carbocycles. The zero-order valence-electron chi connectivity index (χ0n) is 17.5. The molecule has 0 aliphatic heterocycles. The van der Waals surface area contributed by atoms with Crippen LogP contribution < -0.4 is 5.32 Å². The molecule has 0 saturated heterocycles. The largest absolute Gasteiger partial charge is 0.324 e. The van der Waals surface area contributed by atoms with Crippen LogP contribution in [0.3, 0.4) is 0 Å². The van der Waals surface area contributed by atoms with Crippen molar-refractivity contribution in [1.29, 1.82) is 0 Å². The van der Waals surface area contributed by atoms with Crippen LogP contribution in [-0.2, 0) is 11.3 Å². The second-order valence-corrected chi connectivity index (χ2v) is 7.44. The number of amides is 1. The highest BCUT2D eigenvalue weighted by atomic mass is 19.1. The summed E-state index contributed by atoms with van der Waals surface area (Å²) in [6.07, 6.45) is 0. The van der Waals surface area contributed by atoms with Gasteiger partial charge in [-0.05, 0) is 64.6 Å². The van der Waals surface area contributed by atoms with Crippen molar-refractivity contribution in [2.45, 2.75) is 40.3 Å². The third-order valence-corrected chi connectivity index (χ3v) is 5.35. The van der Waals surface area contributed by atoms with Crippen LogP contribution in [0, 0.1) is 26.6 Å². The number of rotatable bonds is 6. The molecule has 3 rings (SSSR count). The fourth-order valence-corrected chi connectivity index (χ4v) is 3.28. The van der Waals surface area contributed by atoms with E-state index in [1.165, 1.54) is 12.1 Å². The minimum absolute atomic E-state index is 0.174. The molecule has 29 heavy (non-hydrogen) atoms. The molecule has 0 radical (unpaired) electrons. The first kappa shape index (κ1) is 20.7. The summed E-state index contributed by atoms with van der Waals surface area (Å²) in [6, 6.07) is 14.0. The molecule has 0 bridgehead atoms. The van der Waals surface area contributed by atoms with Gasteiger partial charge in [0.1, 0.15) is 5.82 Å². The number of aromatic nitrogens is 2. The summed E-state index contributed by atoms with van der Waals surface area (Å²) in [6.45, 7) is 8.29. The quantitative estimate of drug-likeness (QED) is 0.674. The Kier molecular flexibility index (Phi) is 6.13. The van der Waals surface area contributed by atoms with Crippen molar-refractivity contribution in [3.05, 3.63) is 76.9 Å². The number of likely N-dealkylation sites (N-methyl/N-ethyl adjacent to an activating group) is 1. The SMILES string of the molecule is Cc1ccc(F)cc1NC(=O)C(C)N(C)Cc1c(C)nn(-c2ccccc2)c1C. The van der Waals surface area contributed by atoms with E-state index < -0.39 is 6.04 Å². The molecular formula is C23H27FN4O. The smallest absolute Gasteiger partial charge is 0.241 e. The van der Waals surface area contributed by atoms with Crippen LogP contribution in [0.1, 0.15) is 29.4 Å². The number of aryl methyl sites for hydroxylation is 2. The van der Waals surface area contributed by atoms with E-state index >= 15 is 0 Å². The highest BCUT2D eigenvalue weighted by Crippen LogP contribution is 2.21. The summed E-state index contributed by atoms with van der Waals surface area (Å²) in [4.78, 5) is 14.7. The van der Waals surface area contributed by atoms with Crippen LogP contribution in [0.25, 0.3) is 5.69 Å². The lowest BCUT2D eigenvalue weighted by atomic mass is 10.1. The second-order valence-electron chi connectivity index (χ2n) is 7.44. The van der Waals surface area contributed by atoms with Gasteiger partial charge >= 0.3 is 0 Å². The molecule has 1 unspecified atom stereocenters. The van der Waals surface area contributed by atoms with Crippen LogP contribution in [0.2, 0.25) is 0 Å². The van der Waals surface area contributed by atoms with E-state index in [1.54, 1.807) is 6.07 Å². The van der Waals surface area contributed by atoms with Crippen molar-refractivity contribution in [1.82, 2.24) is 14.7 Å². The molecule has 1 heterocycles. The van der Waals surface area contributed by atoms with Crippen LogP contribution in [-0.4, -0.2) is 33.7 Å². The van der Waals surface area contributed by atoms with Gasteiger partial charge in [0, 0.05) is 23.5 Å². The maximum Gasteiger partial charge on any atom is 0.241 e. The van der Waals surface area contributed by atoms with Crippen molar-refractivity contribution < 1.29 is 9.18 Å². The number of hydrogen-bond donors (Lipinski definition) is 1. The third kappa shape index (κ3) is 4.54. The van der Waals surface area contributed by atoms with Gasteiger partial charge in [0.05, 0.1) is 17.4 Å². The summed E-state index contributed by atoms with van der Waals surface area (Å²) in [7, 11) is 1.90. The Morgan fingerprint density at radius 3 is 2.55 bits per heavy atom. The zero-order chi connectivity index (χ0) is 21.1. The van der Waals surface area contributed by atoms with Gasteiger partial charge in [-0.25, -0.2) is 9.07 Å². The summed E-state index contributed by atoms with van der Waals surface area (Å²) in [5.74, 6) is -0.543. The Labute approximate surface area is 171 Å². The van der Waals surface area contributed by atoms with Crippen molar-refractivity contribution in [3.8, 4) is 5.69 Å². The highest BCUT2D eigenvalue weighted by Gasteiger charge is 2.22. The summed E-state index contributed by atoms with van der Waals surface area (Å²) >= 11 is 0. The Balaban J connectivity index is 1.74. The summed E-state index contributed by atoms with van der Waals surface area (Å²) < 4.78 is 15.4. The number of hydrogen-bond acceptors (Lipinski definition) is 3. The van der Waals surface area contributed by atoms with Crippen molar-refractivity contribution in [2.24, 2.45) is 0 Å². The molecule has 1 amide bonds. The zero-order valence-corrected chi connectivity index (χ0v) is 17.5. The average Bonchev–Trinajstić information content (AvgIpc) is 2.99. The number of nitrogens with one attached hydrogen (secondary N) is 1. The molecule has 1 aromatic heterocycles. The number of halogens is 1. The lowest BCUT2D eigenvalue weighted by Gasteiger charge is -2.24. The van der Waals surface area contributed by atoms with E-state index in [0.717, 1.165) is 28.2 Å². The van der Waals surface area contributed by atoms with E-state index in [0.29, 0.717) is 12.2 Å². The molecule has 152 valence electrons. The van der Waals surface area contributed by atoms with E-state index in [2.05, 4.69) is 10.4 Å². The molecule has 1 atom stereocenters. The Morgan fingerprint density at radius 2 is 1.86 bits per heavy atom. The minimum atomic E-state index is -0.392. The molecule has 3 aromatic rings. The molecule has 0 spiro atoms. The lowest BCUT2D eigenvalue weighted by Crippen LogP contribution is -2.39. The molecule has 2 aromatic carbocycles. The maximum atomic E-state index is 13.5. The molecule has 0 fully saturated rings.